The Morgan fingerprint density at radius 2 is 1.52 bits per heavy atom. The Bertz CT molecular complexity index is 704. The Labute approximate surface area is 146 Å². The number of halogens is 3. The molecule has 3 rings (SSSR count). The lowest BCUT2D eigenvalue weighted by atomic mass is 9.78. The van der Waals surface area contributed by atoms with Crippen molar-refractivity contribution in [3.63, 3.8) is 0 Å². The summed E-state index contributed by atoms with van der Waals surface area (Å²) in [4.78, 5) is 0. The van der Waals surface area contributed by atoms with Gasteiger partial charge in [0.25, 0.3) is 0 Å². The van der Waals surface area contributed by atoms with Gasteiger partial charge in [-0.05, 0) is 61.3 Å². The molecule has 25 heavy (non-hydrogen) atoms. The van der Waals surface area contributed by atoms with Crippen LogP contribution in [0.4, 0.5) is 13.2 Å². The van der Waals surface area contributed by atoms with Gasteiger partial charge < -0.3 is 4.74 Å². The minimum Gasteiger partial charge on any atom is -0.489 e. The van der Waals surface area contributed by atoms with E-state index in [0.717, 1.165) is 12.0 Å². The van der Waals surface area contributed by atoms with Crippen molar-refractivity contribution in [3.8, 4) is 5.75 Å². The molecule has 134 valence electrons. The lowest BCUT2D eigenvalue weighted by molar-refractivity contribution is 0.297. The van der Waals surface area contributed by atoms with E-state index in [0.29, 0.717) is 17.7 Å². The van der Waals surface area contributed by atoms with Crippen LogP contribution in [0, 0.1) is 23.4 Å². The molecule has 0 atom stereocenters. The SMILES string of the molecule is CCC1CCC(c2ccc(OCc3cc(F)c(F)cc3F)cc2)CC1. The first-order valence-electron chi connectivity index (χ1n) is 8.93. The van der Waals surface area contributed by atoms with Gasteiger partial charge >= 0.3 is 0 Å². The van der Waals surface area contributed by atoms with Gasteiger partial charge in [0, 0.05) is 11.6 Å². The molecule has 1 fully saturated rings. The van der Waals surface area contributed by atoms with Gasteiger partial charge in [-0.15, -0.1) is 0 Å². The monoisotopic (exact) mass is 348 g/mol. The first kappa shape index (κ1) is 17.8. The molecule has 0 aromatic heterocycles. The summed E-state index contributed by atoms with van der Waals surface area (Å²) in [5.41, 5.74) is 1.31. The summed E-state index contributed by atoms with van der Waals surface area (Å²) in [6, 6.07) is 9.20. The molecule has 1 nitrogen and oxygen atoms in total. The summed E-state index contributed by atoms with van der Waals surface area (Å²) in [6.45, 7) is 2.12. The van der Waals surface area contributed by atoms with Crippen molar-refractivity contribution in [2.75, 3.05) is 0 Å². The van der Waals surface area contributed by atoms with Crippen LogP contribution in [-0.2, 0) is 6.61 Å². The van der Waals surface area contributed by atoms with E-state index in [1.807, 2.05) is 24.3 Å². The fourth-order valence-corrected chi connectivity index (χ4v) is 3.58. The zero-order valence-corrected chi connectivity index (χ0v) is 14.4. The molecule has 1 aliphatic carbocycles. The average molecular weight is 348 g/mol. The maximum absolute atomic E-state index is 13.6. The van der Waals surface area contributed by atoms with Crippen LogP contribution in [0.1, 0.15) is 56.1 Å². The second-order valence-electron chi connectivity index (χ2n) is 6.84. The van der Waals surface area contributed by atoms with E-state index in [2.05, 4.69) is 6.92 Å². The van der Waals surface area contributed by atoms with Gasteiger partial charge in [0.15, 0.2) is 11.6 Å². The van der Waals surface area contributed by atoms with E-state index >= 15 is 0 Å². The number of rotatable bonds is 5. The smallest absolute Gasteiger partial charge is 0.161 e. The molecular formula is C21H23F3O. The molecule has 0 N–H and O–H groups in total. The van der Waals surface area contributed by atoms with Gasteiger partial charge in [-0.3, -0.25) is 0 Å². The first-order chi connectivity index (χ1) is 12.1. The molecular weight excluding hydrogens is 325 g/mol. The molecule has 2 aromatic rings. The van der Waals surface area contributed by atoms with Crippen LogP contribution < -0.4 is 4.74 Å². The molecule has 1 aliphatic rings. The molecule has 0 radical (unpaired) electrons. The number of benzene rings is 2. The second kappa shape index (κ2) is 7.94. The number of ether oxygens (including phenoxy) is 1. The Kier molecular flexibility index (Phi) is 5.67. The highest BCUT2D eigenvalue weighted by atomic mass is 19.2. The summed E-state index contributed by atoms with van der Waals surface area (Å²) < 4.78 is 45.3. The van der Waals surface area contributed by atoms with E-state index in [9.17, 15) is 13.2 Å². The van der Waals surface area contributed by atoms with E-state index in [1.54, 1.807) is 0 Å². The van der Waals surface area contributed by atoms with Crippen LogP contribution in [0.15, 0.2) is 36.4 Å². The van der Waals surface area contributed by atoms with Crippen molar-refractivity contribution < 1.29 is 17.9 Å². The van der Waals surface area contributed by atoms with Crippen molar-refractivity contribution in [1.29, 1.82) is 0 Å². The predicted octanol–water partition coefficient (Wildman–Crippen LogP) is 6.37. The fraction of sp³-hybridized carbons (Fsp3) is 0.429. The van der Waals surface area contributed by atoms with Gasteiger partial charge in [0.2, 0.25) is 0 Å². The van der Waals surface area contributed by atoms with Gasteiger partial charge in [-0.25, -0.2) is 13.2 Å². The molecule has 0 spiro atoms. The van der Waals surface area contributed by atoms with Crippen molar-refractivity contribution in [2.24, 2.45) is 5.92 Å². The molecule has 0 saturated heterocycles. The summed E-state index contributed by atoms with van der Waals surface area (Å²) in [5, 5.41) is 0. The molecule has 0 unspecified atom stereocenters. The molecule has 4 heteroatoms. The highest BCUT2D eigenvalue weighted by molar-refractivity contribution is 5.30. The topological polar surface area (TPSA) is 9.23 Å². The lowest BCUT2D eigenvalue weighted by Crippen LogP contribution is -2.12. The molecule has 2 aromatic carbocycles. The van der Waals surface area contributed by atoms with Gasteiger partial charge in [0.05, 0.1) is 0 Å². The van der Waals surface area contributed by atoms with Gasteiger partial charge in [-0.2, -0.15) is 0 Å². The maximum Gasteiger partial charge on any atom is 0.161 e. The molecule has 0 amide bonds. The van der Waals surface area contributed by atoms with Crippen molar-refractivity contribution in [2.45, 2.75) is 51.6 Å². The molecule has 1 saturated carbocycles. The van der Waals surface area contributed by atoms with E-state index in [-0.39, 0.29) is 12.2 Å². The molecule has 0 heterocycles. The van der Waals surface area contributed by atoms with Crippen LogP contribution in [0.2, 0.25) is 0 Å². The maximum atomic E-state index is 13.6. The zero-order valence-electron chi connectivity index (χ0n) is 14.4. The third kappa shape index (κ3) is 4.36. The van der Waals surface area contributed by atoms with Gasteiger partial charge in [-0.1, -0.05) is 25.5 Å². The summed E-state index contributed by atoms with van der Waals surface area (Å²) in [6.07, 6.45) is 6.28. The third-order valence-corrected chi connectivity index (χ3v) is 5.26. The number of hydrogen-bond acceptors (Lipinski definition) is 1. The predicted molar refractivity (Wildman–Crippen MR) is 92.1 cm³/mol. The van der Waals surface area contributed by atoms with Crippen LogP contribution >= 0.6 is 0 Å². The Hall–Kier alpha value is -1.97. The van der Waals surface area contributed by atoms with Crippen LogP contribution in [0.25, 0.3) is 0 Å². The summed E-state index contributed by atoms with van der Waals surface area (Å²) in [5.74, 6) is -1.01. The first-order valence-corrected chi connectivity index (χ1v) is 8.93. The van der Waals surface area contributed by atoms with Crippen LogP contribution in [0.5, 0.6) is 5.75 Å². The molecule has 0 aliphatic heterocycles. The largest absolute Gasteiger partial charge is 0.489 e. The Morgan fingerprint density at radius 3 is 2.16 bits per heavy atom. The quantitative estimate of drug-likeness (QED) is 0.571. The normalized spacial score (nSPS) is 20.5. The fourth-order valence-electron chi connectivity index (χ4n) is 3.58. The average Bonchev–Trinajstić information content (AvgIpc) is 2.64. The standard InChI is InChI=1S/C21H23F3O/c1-2-14-3-5-15(6-4-14)16-7-9-18(10-8-16)25-13-17-11-20(23)21(24)12-19(17)22/h7-12,14-15H,2-6,13H2,1H3. The van der Waals surface area contributed by atoms with Crippen LogP contribution in [-0.4, -0.2) is 0 Å². The minimum atomic E-state index is -1.19. The van der Waals surface area contributed by atoms with Crippen molar-refractivity contribution in [1.82, 2.24) is 0 Å². The van der Waals surface area contributed by atoms with Gasteiger partial charge in [0.1, 0.15) is 18.2 Å². The lowest BCUT2D eigenvalue weighted by Gasteiger charge is -2.28. The highest BCUT2D eigenvalue weighted by Gasteiger charge is 2.21. The van der Waals surface area contributed by atoms with E-state index < -0.39 is 17.5 Å². The van der Waals surface area contributed by atoms with E-state index in [4.69, 9.17) is 4.74 Å². The summed E-state index contributed by atoms with van der Waals surface area (Å²) in [7, 11) is 0. The highest BCUT2D eigenvalue weighted by Crippen LogP contribution is 2.37. The summed E-state index contributed by atoms with van der Waals surface area (Å²) >= 11 is 0. The van der Waals surface area contributed by atoms with Crippen molar-refractivity contribution in [3.05, 3.63) is 65.0 Å². The zero-order chi connectivity index (χ0) is 17.8. The second-order valence-corrected chi connectivity index (χ2v) is 6.84. The Morgan fingerprint density at radius 1 is 0.880 bits per heavy atom. The third-order valence-electron chi connectivity index (χ3n) is 5.26. The molecule has 0 bridgehead atoms. The van der Waals surface area contributed by atoms with Crippen LogP contribution in [0.3, 0.4) is 0 Å². The minimum absolute atomic E-state index is 0.000800. The number of hydrogen-bond donors (Lipinski definition) is 0. The van der Waals surface area contributed by atoms with E-state index in [1.165, 1.54) is 37.7 Å². The Balaban J connectivity index is 1.59. The van der Waals surface area contributed by atoms with Crippen molar-refractivity contribution >= 4 is 0 Å².